The molecule has 0 saturated heterocycles. The molecule has 2 atom stereocenters. The number of hydrogen-bond acceptors (Lipinski definition) is 4. The quantitative estimate of drug-likeness (QED) is 0.671. The zero-order valence-electron chi connectivity index (χ0n) is 10.0. The highest BCUT2D eigenvalue weighted by molar-refractivity contribution is 9.10. The van der Waals surface area contributed by atoms with Crippen molar-refractivity contribution in [1.82, 2.24) is 15.5 Å². The molecule has 0 aliphatic rings. The van der Waals surface area contributed by atoms with Crippen molar-refractivity contribution in [2.45, 2.75) is 18.6 Å². The number of aliphatic hydroxyl groups excluding tert-OH is 2. The first-order valence-corrected chi connectivity index (χ1v) is 6.57. The van der Waals surface area contributed by atoms with Gasteiger partial charge in [0.25, 0.3) is 0 Å². The second-order valence-electron chi connectivity index (χ2n) is 4.20. The van der Waals surface area contributed by atoms with Gasteiger partial charge in [-0.05, 0) is 38.2 Å². The molecule has 18 heavy (non-hydrogen) atoms. The summed E-state index contributed by atoms with van der Waals surface area (Å²) in [4.78, 5) is 0. The fraction of sp³-hybridized carbons (Fsp3) is 0.417. The number of aromatic amines is 1. The average molecular weight is 314 g/mol. The van der Waals surface area contributed by atoms with Crippen LogP contribution in [0, 0.1) is 0 Å². The predicted octanol–water partition coefficient (Wildman–Crippen LogP) is 1.33. The van der Waals surface area contributed by atoms with Crippen LogP contribution in [0.5, 0.6) is 0 Å². The normalized spacial score (nSPS) is 14.9. The van der Waals surface area contributed by atoms with Crippen molar-refractivity contribution in [3.8, 4) is 0 Å². The Morgan fingerprint density at radius 1 is 1.44 bits per heavy atom. The fourth-order valence-corrected chi connectivity index (χ4v) is 2.22. The lowest BCUT2D eigenvalue weighted by atomic mass is 10.0. The maximum atomic E-state index is 10.1. The lowest BCUT2D eigenvalue weighted by molar-refractivity contribution is 0.0123. The van der Waals surface area contributed by atoms with Crippen molar-refractivity contribution in [3.63, 3.8) is 0 Å². The maximum absolute atomic E-state index is 10.1. The SMILES string of the molecule is CNCCC(O)C(O)c1[nH]nc2cc(Br)ccc12. The summed E-state index contributed by atoms with van der Waals surface area (Å²) in [6.45, 7) is 0.649. The molecule has 0 aliphatic carbocycles. The summed E-state index contributed by atoms with van der Waals surface area (Å²) in [5.41, 5.74) is 1.32. The molecule has 1 aromatic carbocycles. The van der Waals surface area contributed by atoms with E-state index < -0.39 is 12.2 Å². The van der Waals surface area contributed by atoms with Gasteiger partial charge in [0.2, 0.25) is 0 Å². The summed E-state index contributed by atoms with van der Waals surface area (Å²) in [7, 11) is 1.81. The third-order valence-corrected chi connectivity index (χ3v) is 3.39. The van der Waals surface area contributed by atoms with Crippen LogP contribution in [0.1, 0.15) is 18.2 Å². The van der Waals surface area contributed by atoms with E-state index in [-0.39, 0.29) is 0 Å². The molecular weight excluding hydrogens is 298 g/mol. The molecule has 5 nitrogen and oxygen atoms in total. The number of rotatable bonds is 5. The Morgan fingerprint density at radius 2 is 2.22 bits per heavy atom. The van der Waals surface area contributed by atoms with Crippen LogP contribution >= 0.6 is 15.9 Å². The fourth-order valence-electron chi connectivity index (χ4n) is 1.87. The molecular formula is C12H16BrN3O2. The number of fused-ring (bicyclic) bond motifs is 1. The second kappa shape index (κ2) is 5.79. The largest absolute Gasteiger partial charge is 0.390 e. The minimum absolute atomic E-state index is 0.481. The van der Waals surface area contributed by atoms with Crippen LogP contribution in [-0.4, -0.2) is 40.1 Å². The number of nitrogens with one attached hydrogen (secondary N) is 2. The Labute approximate surface area is 113 Å². The Kier molecular flexibility index (Phi) is 4.34. The molecule has 0 saturated carbocycles. The van der Waals surface area contributed by atoms with E-state index in [0.717, 1.165) is 15.4 Å². The monoisotopic (exact) mass is 313 g/mol. The predicted molar refractivity (Wildman–Crippen MR) is 73.3 cm³/mol. The highest BCUT2D eigenvalue weighted by atomic mass is 79.9. The number of hydrogen-bond donors (Lipinski definition) is 4. The van der Waals surface area contributed by atoms with Gasteiger partial charge in [0.15, 0.2) is 0 Å². The third kappa shape index (κ3) is 2.72. The molecule has 0 fully saturated rings. The summed E-state index contributed by atoms with van der Waals surface area (Å²) in [6, 6.07) is 5.61. The molecule has 0 bridgehead atoms. The van der Waals surface area contributed by atoms with Crippen LogP contribution in [0.4, 0.5) is 0 Å². The van der Waals surface area contributed by atoms with Gasteiger partial charge in [0, 0.05) is 9.86 Å². The van der Waals surface area contributed by atoms with Crippen molar-refractivity contribution in [3.05, 3.63) is 28.4 Å². The highest BCUT2D eigenvalue weighted by Gasteiger charge is 2.22. The zero-order chi connectivity index (χ0) is 13.1. The van der Waals surface area contributed by atoms with Gasteiger partial charge < -0.3 is 15.5 Å². The Bertz CT molecular complexity index is 529. The van der Waals surface area contributed by atoms with Gasteiger partial charge >= 0.3 is 0 Å². The molecule has 0 amide bonds. The number of halogens is 1. The van der Waals surface area contributed by atoms with Gasteiger partial charge in [-0.3, -0.25) is 5.10 Å². The number of H-pyrrole nitrogens is 1. The van der Waals surface area contributed by atoms with Crippen molar-refractivity contribution < 1.29 is 10.2 Å². The molecule has 1 heterocycles. The van der Waals surface area contributed by atoms with E-state index in [2.05, 4.69) is 31.4 Å². The van der Waals surface area contributed by atoms with E-state index in [4.69, 9.17) is 0 Å². The summed E-state index contributed by atoms with van der Waals surface area (Å²) >= 11 is 3.37. The smallest absolute Gasteiger partial charge is 0.122 e. The summed E-state index contributed by atoms with van der Waals surface area (Å²) in [6.07, 6.45) is -1.29. The minimum atomic E-state index is -0.954. The lowest BCUT2D eigenvalue weighted by Gasteiger charge is -2.16. The topological polar surface area (TPSA) is 81.2 Å². The third-order valence-electron chi connectivity index (χ3n) is 2.90. The summed E-state index contributed by atoms with van der Waals surface area (Å²) < 4.78 is 0.929. The minimum Gasteiger partial charge on any atom is -0.390 e. The zero-order valence-corrected chi connectivity index (χ0v) is 11.6. The number of aromatic nitrogens is 2. The van der Waals surface area contributed by atoms with Crippen LogP contribution < -0.4 is 5.32 Å². The molecule has 2 aromatic rings. The van der Waals surface area contributed by atoms with Crippen LogP contribution in [0.2, 0.25) is 0 Å². The molecule has 98 valence electrons. The van der Waals surface area contributed by atoms with Crippen molar-refractivity contribution in [2.75, 3.05) is 13.6 Å². The van der Waals surface area contributed by atoms with E-state index in [1.54, 1.807) is 0 Å². The van der Waals surface area contributed by atoms with Crippen molar-refractivity contribution in [1.29, 1.82) is 0 Å². The first kappa shape index (κ1) is 13.5. The van der Waals surface area contributed by atoms with Crippen LogP contribution in [0.25, 0.3) is 10.9 Å². The summed E-state index contributed by atoms with van der Waals surface area (Å²) in [5, 5.41) is 30.7. The first-order chi connectivity index (χ1) is 8.63. The standard InChI is InChI=1S/C12H16BrN3O2/c1-14-5-4-10(17)12(18)11-8-3-2-7(13)6-9(8)15-16-11/h2-3,6,10,12,14,17-18H,4-5H2,1H3,(H,15,16). The van der Waals surface area contributed by atoms with E-state index in [1.807, 2.05) is 25.2 Å². The van der Waals surface area contributed by atoms with Gasteiger partial charge in [0.05, 0.1) is 17.3 Å². The van der Waals surface area contributed by atoms with E-state index in [0.29, 0.717) is 18.7 Å². The molecule has 6 heteroatoms. The van der Waals surface area contributed by atoms with Crippen LogP contribution in [-0.2, 0) is 0 Å². The van der Waals surface area contributed by atoms with Crippen LogP contribution in [0.15, 0.2) is 22.7 Å². The van der Waals surface area contributed by atoms with Gasteiger partial charge in [-0.25, -0.2) is 0 Å². The summed E-state index contributed by atoms with van der Waals surface area (Å²) in [5.74, 6) is 0. The molecule has 0 aliphatic heterocycles. The van der Waals surface area contributed by atoms with E-state index >= 15 is 0 Å². The molecule has 2 unspecified atom stereocenters. The first-order valence-electron chi connectivity index (χ1n) is 5.77. The Hall–Kier alpha value is -0.950. The van der Waals surface area contributed by atoms with Gasteiger partial charge in [-0.1, -0.05) is 15.9 Å². The maximum Gasteiger partial charge on any atom is 0.122 e. The Balaban J connectivity index is 2.25. The number of aliphatic hydroxyl groups is 2. The second-order valence-corrected chi connectivity index (χ2v) is 5.12. The number of nitrogens with zero attached hydrogens (tertiary/aromatic N) is 1. The highest BCUT2D eigenvalue weighted by Crippen LogP contribution is 2.26. The lowest BCUT2D eigenvalue weighted by Crippen LogP contribution is -2.23. The van der Waals surface area contributed by atoms with Gasteiger partial charge in [-0.15, -0.1) is 0 Å². The molecule has 4 N–H and O–H groups in total. The average Bonchev–Trinajstić information content (AvgIpc) is 2.77. The number of benzene rings is 1. The van der Waals surface area contributed by atoms with Crippen LogP contribution in [0.3, 0.4) is 0 Å². The van der Waals surface area contributed by atoms with Gasteiger partial charge in [0.1, 0.15) is 6.10 Å². The van der Waals surface area contributed by atoms with E-state index in [1.165, 1.54) is 0 Å². The Morgan fingerprint density at radius 3 is 2.94 bits per heavy atom. The molecule has 2 rings (SSSR count). The molecule has 0 spiro atoms. The van der Waals surface area contributed by atoms with Crippen molar-refractivity contribution in [2.24, 2.45) is 0 Å². The van der Waals surface area contributed by atoms with Crippen molar-refractivity contribution >= 4 is 26.8 Å². The molecule has 1 aromatic heterocycles. The van der Waals surface area contributed by atoms with Gasteiger partial charge in [-0.2, -0.15) is 5.10 Å². The molecule has 0 radical (unpaired) electrons. The van der Waals surface area contributed by atoms with E-state index in [9.17, 15) is 10.2 Å².